The van der Waals surface area contributed by atoms with Gasteiger partial charge in [-0.2, -0.15) is 0 Å². The Morgan fingerprint density at radius 3 is 1.67 bits per heavy atom. The van der Waals surface area contributed by atoms with Crippen molar-refractivity contribution >= 4 is 11.9 Å². The van der Waals surface area contributed by atoms with Gasteiger partial charge in [0.15, 0.2) is 0 Å². The van der Waals surface area contributed by atoms with Crippen LogP contribution in [-0.2, 0) is 24.5 Å². The standard InChI is InChI=1S/C20H20O4/c1-19(18(22)24-3)16(17(21)23-2)20(19,14-10-6-4-7-11-14)15-12-8-5-9-13-15/h4-13,16H,1-3H3/t16-,19-/m1/s1. The second-order valence-corrected chi connectivity index (χ2v) is 6.19. The zero-order valence-corrected chi connectivity index (χ0v) is 14.0. The minimum Gasteiger partial charge on any atom is -0.469 e. The number of benzene rings is 2. The van der Waals surface area contributed by atoms with Crippen LogP contribution in [0.2, 0.25) is 0 Å². The summed E-state index contributed by atoms with van der Waals surface area (Å²) in [6, 6.07) is 19.2. The second kappa shape index (κ2) is 5.78. The molecule has 2 aromatic carbocycles. The number of esters is 2. The summed E-state index contributed by atoms with van der Waals surface area (Å²) in [7, 11) is 2.69. The number of hydrogen-bond donors (Lipinski definition) is 0. The molecule has 1 saturated carbocycles. The molecular weight excluding hydrogens is 304 g/mol. The van der Waals surface area contributed by atoms with Crippen molar-refractivity contribution in [2.75, 3.05) is 14.2 Å². The zero-order valence-electron chi connectivity index (χ0n) is 14.0. The van der Waals surface area contributed by atoms with E-state index in [1.165, 1.54) is 14.2 Å². The van der Waals surface area contributed by atoms with Crippen LogP contribution in [0.25, 0.3) is 0 Å². The molecule has 2 aromatic rings. The Morgan fingerprint density at radius 2 is 1.29 bits per heavy atom. The molecule has 1 fully saturated rings. The van der Waals surface area contributed by atoms with Gasteiger partial charge in [0.2, 0.25) is 0 Å². The van der Waals surface area contributed by atoms with Crippen molar-refractivity contribution in [2.45, 2.75) is 12.3 Å². The number of ether oxygens (including phenoxy) is 2. The van der Waals surface area contributed by atoms with Crippen LogP contribution in [0.1, 0.15) is 18.1 Å². The highest BCUT2D eigenvalue weighted by atomic mass is 16.5. The average Bonchev–Trinajstić information content (AvgIpc) is 3.24. The minimum atomic E-state index is -1.02. The molecule has 0 N–H and O–H groups in total. The van der Waals surface area contributed by atoms with Gasteiger partial charge in [-0.3, -0.25) is 9.59 Å². The summed E-state index contributed by atoms with van der Waals surface area (Å²) in [5.74, 6) is -1.45. The van der Waals surface area contributed by atoms with E-state index in [1.807, 2.05) is 60.7 Å². The van der Waals surface area contributed by atoms with Crippen molar-refractivity contribution in [3.8, 4) is 0 Å². The fraction of sp³-hybridized carbons (Fsp3) is 0.300. The third kappa shape index (κ3) is 1.92. The quantitative estimate of drug-likeness (QED) is 0.812. The minimum absolute atomic E-state index is 0.407. The van der Waals surface area contributed by atoms with Gasteiger partial charge in [-0.05, 0) is 18.1 Å². The van der Waals surface area contributed by atoms with E-state index in [0.29, 0.717) is 0 Å². The highest BCUT2D eigenvalue weighted by Gasteiger charge is 2.83. The summed E-state index contributed by atoms with van der Waals surface area (Å²) >= 11 is 0. The molecule has 0 unspecified atom stereocenters. The van der Waals surface area contributed by atoms with Gasteiger partial charge in [-0.1, -0.05) is 60.7 Å². The number of rotatable bonds is 4. The number of carbonyl (C=O) groups excluding carboxylic acids is 2. The first-order valence-corrected chi connectivity index (χ1v) is 7.82. The van der Waals surface area contributed by atoms with E-state index < -0.39 is 28.7 Å². The molecule has 4 nitrogen and oxygen atoms in total. The molecule has 0 aliphatic heterocycles. The maximum atomic E-state index is 12.7. The lowest BCUT2D eigenvalue weighted by Gasteiger charge is -2.22. The highest BCUT2D eigenvalue weighted by molar-refractivity contribution is 5.97. The van der Waals surface area contributed by atoms with Gasteiger partial charge in [0.25, 0.3) is 0 Å². The van der Waals surface area contributed by atoms with Crippen LogP contribution in [0.3, 0.4) is 0 Å². The summed E-state index contributed by atoms with van der Waals surface area (Å²) in [6.45, 7) is 1.78. The lowest BCUT2D eigenvalue weighted by atomic mass is 9.80. The first kappa shape index (κ1) is 16.2. The van der Waals surface area contributed by atoms with Gasteiger partial charge in [0.05, 0.1) is 31.0 Å². The van der Waals surface area contributed by atoms with Crippen LogP contribution < -0.4 is 0 Å². The van der Waals surface area contributed by atoms with Crippen molar-refractivity contribution in [1.29, 1.82) is 0 Å². The van der Waals surface area contributed by atoms with E-state index in [0.717, 1.165) is 11.1 Å². The molecule has 0 saturated heterocycles. The molecule has 24 heavy (non-hydrogen) atoms. The molecule has 2 atom stereocenters. The topological polar surface area (TPSA) is 52.6 Å². The Balaban J connectivity index is 2.29. The van der Waals surface area contributed by atoms with E-state index in [9.17, 15) is 9.59 Å². The summed E-state index contributed by atoms with van der Waals surface area (Å²) in [5.41, 5.74) is -0.00762. The maximum absolute atomic E-state index is 12.7. The molecule has 4 heteroatoms. The Bertz CT molecular complexity index is 714. The average molecular weight is 324 g/mol. The van der Waals surface area contributed by atoms with Crippen molar-refractivity contribution in [1.82, 2.24) is 0 Å². The number of hydrogen-bond acceptors (Lipinski definition) is 4. The van der Waals surface area contributed by atoms with Crippen molar-refractivity contribution < 1.29 is 19.1 Å². The normalized spacial score (nSPS) is 24.0. The van der Waals surface area contributed by atoms with Gasteiger partial charge in [-0.15, -0.1) is 0 Å². The van der Waals surface area contributed by atoms with E-state index >= 15 is 0 Å². The van der Waals surface area contributed by atoms with E-state index in [-0.39, 0.29) is 0 Å². The van der Waals surface area contributed by atoms with Crippen LogP contribution in [0, 0.1) is 11.3 Å². The van der Waals surface area contributed by atoms with Crippen LogP contribution in [0.4, 0.5) is 0 Å². The van der Waals surface area contributed by atoms with Gasteiger partial charge < -0.3 is 9.47 Å². The maximum Gasteiger partial charge on any atom is 0.313 e. The van der Waals surface area contributed by atoms with Crippen molar-refractivity contribution in [2.24, 2.45) is 11.3 Å². The lowest BCUT2D eigenvalue weighted by Crippen LogP contribution is -2.26. The first-order chi connectivity index (χ1) is 11.5. The van der Waals surface area contributed by atoms with Crippen molar-refractivity contribution in [3.05, 3.63) is 71.8 Å². The molecule has 0 aromatic heterocycles. The third-order valence-corrected chi connectivity index (χ3v) is 5.25. The third-order valence-electron chi connectivity index (χ3n) is 5.25. The molecule has 1 aliphatic rings. The largest absolute Gasteiger partial charge is 0.469 e. The highest BCUT2D eigenvalue weighted by Crippen LogP contribution is 2.73. The fourth-order valence-corrected chi connectivity index (χ4v) is 4.14. The van der Waals surface area contributed by atoms with Gasteiger partial charge in [-0.25, -0.2) is 0 Å². The SMILES string of the molecule is COC(=O)[C@H]1C(c2ccccc2)(c2ccccc2)[C@@]1(C)C(=O)OC. The van der Waals surface area contributed by atoms with Crippen LogP contribution in [0.5, 0.6) is 0 Å². The predicted octanol–water partition coefficient (Wildman–Crippen LogP) is 2.95. The van der Waals surface area contributed by atoms with Crippen LogP contribution >= 0.6 is 0 Å². The Kier molecular flexibility index (Phi) is 3.91. The number of carbonyl (C=O) groups is 2. The molecular formula is C20H20O4. The molecule has 3 rings (SSSR count). The monoisotopic (exact) mass is 324 g/mol. The van der Waals surface area contributed by atoms with Gasteiger partial charge in [0.1, 0.15) is 0 Å². The fourth-order valence-electron chi connectivity index (χ4n) is 4.14. The van der Waals surface area contributed by atoms with E-state index in [2.05, 4.69) is 0 Å². The molecule has 0 amide bonds. The van der Waals surface area contributed by atoms with E-state index in [1.54, 1.807) is 6.92 Å². The van der Waals surface area contributed by atoms with E-state index in [4.69, 9.17) is 9.47 Å². The first-order valence-electron chi connectivity index (χ1n) is 7.82. The zero-order chi connectivity index (χ0) is 17.4. The van der Waals surface area contributed by atoms with Crippen molar-refractivity contribution in [3.63, 3.8) is 0 Å². The molecule has 124 valence electrons. The molecule has 1 aliphatic carbocycles. The molecule has 0 heterocycles. The Hall–Kier alpha value is -2.62. The van der Waals surface area contributed by atoms with Crippen LogP contribution in [0.15, 0.2) is 60.7 Å². The van der Waals surface area contributed by atoms with Crippen LogP contribution in [-0.4, -0.2) is 26.2 Å². The number of methoxy groups -OCH3 is 2. The molecule has 0 bridgehead atoms. The predicted molar refractivity (Wildman–Crippen MR) is 89.3 cm³/mol. The van der Waals surface area contributed by atoms with Gasteiger partial charge in [0, 0.05) is 0 Å². The Morgan fingerprint density at radius 1 is 0.833 bits per heavy atom. The molecule has 0 spiro atoms. The summed E-state index contributed by atoms with van der Waals surface area (Å²) in [6.07, 6.45) is 0. The molecule has 0 radical (unpaired) electrons. The smallest absolute Gasteiger partial charge is 0.313 e. The summed E-state index contributed by atoms with van der Waals surface area (Å²) in [4.78, 5) is 25.2. The second-order valence-electron chi connectivity index (χ2n) is 6.19. The summed E-state index contributed by atoms with van der Waals surface area (Å²) < 4.78 is 10.1. The Labute approximate surface area is 141 Å². The summed E-state index contributed by atoms with van der Waals surface area (Å²) in [5, 5.41) is 0. The van der Waals surface area contributed by atoms with Gasteiger partial charge >= 0.3 is 11.9 Å². The lowest BCUT2D eigenvalue weighted by molar-refractivity contribution is -0.152.